The van der Waals surface area contributed by atoms with Gasteiger partial charge in [-0.2, -0.15) is 0 Å². The topological polar surface area (TPSA) is 52.6 Å². The lowest BCUT2D eigenvalue weighted by Gasteiger charge is -2.48. The van der Waals surface area contributed by atoms with E-state index in [1.807, 2.05) is 25.1 Å². The number of esters is 1. The summed E-state index contributed by atoms with van der Waals surface area (Å²) in [6, 6.07) is 16.9. The lowest BCUT2D eigenvalue weighted by molar-refractivity contribution is -0.146. The molecular formula is C29H34O4. The summed E-state index contributed by atoms with van der Waals surface area (Å²) in [7, 11) is 0. The molecule has 2 fully saturated rings. The predicted molar refractivity (Wildman–Crippen MR) is 127 cm³/mol. The van der Waals surface area contributed by atoms with Crippen molar-refractivity contribution in [3.05, 3.63) is 65.2 Å². The predicted octanol–water partition coefficient (Wildman–Crippen LogP) is 5.87. The smallest absolute Gasteiger partial charge is 0.306 e. The summed E-state index contributed by atoms with van der Waals surface area (Å²) >= 11 is 0. The molecule has 0 aliphatic heterocycles. The monoisotopic (exact) mass is 446 g/mol. The molecule has 4 unspecified atom stereocenters. The third-order valence-corrected chi connectivity index (χ3v) is 8.53. The van der Waals surface area contributed by atoms with Gasteiger partial charge in [-0.15, -0.1) is 0 Å². The number of hydrogen-bond acceptors (Lipinski definition) is 4. The normalized spacial score (nSPS) is 30.2. The zero-order chi connectivity index (χ0) is 23.0. The van der Waals surface area contributed by atoms with E-state index in [4.69, 9.17) is 9.47 Å². The van der Waals surface area contributed by atoms with Crippen molar-refractivity contribution in [1.29, 1.82) is 0 Å². The van der Waals surface area contributed by atoms with Gasteiger partial charge in [0.25, 0.3) is 0 Å². The number of hydrogen-bond donors (Lipinski definition) is 0. The number of ketones is 1. The number of Topliss-reactive ketones (excluding diaryl/α,β-unsaturated/α-hetero) is 1. The molecule has 3 aliphatic rings. The molecule has 5 rings (SSSR count). The van der Waals surface area contributed by atoms with Crippen LogP contribution in [0, 0.1) is 23.2 Å². The number of ether oxygens (including phenoxy) is 2. The van der Waals surface area contributed by atoms with Crippen LogP contribution in [-0.2, 0) is 27.4 Å². The molecule has 5 atom stereocenters. The fourth-order valence-electron chi connectivity index (χ4n) is 6.93. The molecule has 0 bridgehead atoms. The zero-order valence-corrected chi connectivity index (χ0v) is 19.7. The zero-order valence-electron chi connectivity index (χ0n) is 19.7. The van der Waals surface area contributed by atoms with Crippen LogP contribution in [0.5, 0.6) is 5.75 Å². The Morgan fingerprint density at radius 3 is 2.73 bits per heavy atom. The van der Waals surface area contributed by atoms with Crippen LogP contribution in [-0.4, -0.2) is 18.4 Å². The molecule has 2 aromatic rings. The van der Waals surface area contributed by atoms with E-state index < -0.39 is 0 Å². The van der Waals surface area contributed by atoms with Gasteiger partial charge in [-0.25, -0.2) is 0 Å². The van der Waals surface area contributed by atoms with Crippen molar-refractivity contribution in [2.45, 2.75) is 64.9 Å². The maximum Gasteiger partial charge on any atom is 0.306 e. The fourth-order valence-corrected chi connectivity index (χ4v) is 6.93. The molecule has 0 spiro atoms. The number of fused-ring (bicyclic) bond motifs is 5. The van der Waals surface area contributed by atoms with E-state index in [1.54, 1.807) is 0 Å². The highest BCUT2D eigenvalue weighted by atomic mass is 16.5. The first-order valence-electron chi connectivity index (χ1n) is 12.5. The van der Waals surface area contributed by atoms with E-state index >= 15 is 0 Å². The second kappa shape index (κ2) is 8.96. The Morgan fingerprint density at radius 2 is 1.94 bits per heavy atom. The minimum absolute atomic E-state index is 0.173. The highest BCUT2D eigenvalue weighted by Crippen LogP contribution is 2.61. The molecule has 3 aliphatic carbocycles. The molecule has 4 heteroatoms. The molecule has 0 saturated heterocycles. The van der Waals surface area contributed by atoms with E-state index in [0.29, 0.717) is 36.8 Å². The minimum atomic E-state index is -0.283. The van der Waals surface area contributed by atoms with Crippen LogP contribution in [0.25, 0.3) is 0 Å². The second-order valence-electron chi connectivity index (χ2n) is 10.3. The van der Waals surface area contributed by atoms with Gasteiger partial charge in [0.2, 0.25) is 0 Å². The van der Waals surface area contributed by atoms with Crippen LogP contribution in [0.3, 0.4) is 0 Å². The lowest BCUT2D eigenvalue weighted by atomic mass is 9.55. The van der Waals surface area contributed by atoms with E-state index in [2.05, 4.69) is 37.3 Å². The molecule has 0 heterocycles. The Kier molecular flexibility index (Phi) is 6.03. The summed E-state index contributed by atoms with van der Waals surface area (Å²) in [5, 5.41) is 0. The van der Waals surface area contributed by atoms with E-state index in [1.165, 1.54) is 16.7 Å². The molecule has 0 N–H and O–H groups in total. The molecular weight excluding hydrogens is 412 g/mol. The third-order valence-electron chi connectivity index (χ3n) is 8.53. The van der Waals surface area contributed by atoms with Crippen LogP contribution >= 0.6 is 0 Å². The summed E-state index contributed by atoms with van der Waals surface area (Å²) in [6.07, 6.45) is 5.19. The van der Waals surface area contributed by atoms with Gasteiger partial charge in [-0.1, -0.05) is 43.3 Å². The largest absolute Gasteiger partial charge is 0.489 e. The van der Waals surface area contributed by atoms with Gasteiger partial charge in [-0.05, 0) is 85.6 Å². The Bertz CT molecular complexity index is 1030. The highest BCUT2D eigenvalue weighted by molar-refractivity contribution is 5.92. The Labute approximate surface area is 196 Å². The van der Waals surface area contributed by atoms with Crippen LogP contribution in [0.4, 0.5) is 0 Å². The average molecular weight is 447 g/mol. The van der Waals surface area contributed by atoms with Crippen molar-refractivity contribution in [1.82, 2.24) is 0 Å². The average Bonchev–Trinajstić information content (AvgIpc) is 3.08. The molecule has 0 aromatic heterocycles. The van der Waals surface area contributed by atoms with Gasteiger partial charge in [0, 0.05) is 11.3 Å². The molecule has 0 amide bonds. The summed E-state index contributed by atoms with van der Waals surface area (Å²) < 4.78 is 11.2. The number of carbonyl (C=O) groups excluding carboxylic acids is 2. The van der Waals surface area contributed by atoms with Crippen molar-refractivity contribution >= 4 is 11.8 Å². The Hall–Kier alpha value is -2.62. The quantitative estimate of drug-likeness (QED) is 0.521. The fraction of sp³-hybridized carbons (Fsp3) is 0.517. The summed E-state index contributed by atoms with van der Waals surface area (Å²) in [5.41, 5.74) is 3.73. The first-order valence-corrected chi connectivity index (χ1v) is 12.5. The van der Waals surface area contributed by atoms with E-state index in [-0.39, 0.29) is 23.7 Å². The summed E-state index contributed by atoms with van der Waals surface area (Å²) in [6.45, 7) is 4.93. The number of aryl methyl sites for hydroxylation is 1. The third kappa shape index (κ3) is 4.09. The molecule has 2 saturated carbocycles. The summed E-state index contributed by atoms with van der Waals surface area (Å²) in [4.78, 5) is 25.4. The van der Waals surface area contributed by atoms with Crippen LogP contribution in [0.1, 0.15) is 68.6 Å². The van der Waals surface area contributed by atoms with Crippen LogP contribution in [0.2, 0.25) is 0 Å². The minimum Gasteiger partial charge on any atom is -0.489 e. The van der Waals surface area contributed by atoms with Crippen molar-refractivity contribution in [2.24, 2.45) is 23.2 Å². The van der Waals surface area contributed by atoms with Crippen molar-refractivity contribution in [2.75, 3.05) is 6.61 Å². The second-order valence-corrected chi connectivity index (χ2v) is 10.3. The van der Waals surface area contributed by atoms with Crippen LogP contribution < -0.4 is 4.74 Å². The summed E-state index contributed by atoms with van der Waals surface area (Å²) in [5.74, 6) is 2.22. The molecule has 2 aromatic carbocycles. The molecule has 33 heavy (non-hydrogen) atoms. The van der Waals surface area contributed by atoms with Crippen molar-refractivity contribution in [3.8, 4) is 5.75 Å². The van der Waals surface area contributed by atoms with Crippen LogP contribution in [0.15, 0.2) is 48.5 Å². The SMILES string of the molecule is CCOC(=O)CC1CC2C3CCc4cc(OCc5ccccc5)ccc4C3CC[C@]2(C)C1=O. The van der Waals surface area contributed by atoms with Crippen molar-refractivity contribution < 1.29 is 19.1 Å². The number of rotatable bonds is 6. The first kappa shape index (κ1) is 22.2. The van der Waals surface area contributed by atoms with E-state index in [9.17, 15) is 9.59 Å². The van der Waals surface area contributed by atoms with Gasteiger partial charge in [0.05, 0.1) is 13.0 Å². The standard InChI is InChI=1S/C29H34O4/c1-3-32-27(30)17-21-16-26-25-11-9-20-15-22(33-18-19-7-5-4-6-8-19)10-12-23(20)24(25)13-14-29(26,2)28(21)31/h4-8,10,12,15,21,24-26H,3,9,11,13-14,16-18H2,1-2H3/t21?,24?,25?,26?,29-/m0/s1. The maximum atomic E-state index is 13.3. The van der Waals surface area contributed by atoms with Crippen molar-refractivity contribution in [3.63, 3.8) is 0 Å². The highest BCUT2D eigenvalue weighted by Gasteiger charge is 2.58. The van der Waals surface area contributed by atoms with E-state index in [0.717, 1.165) is 37.9 Å². The van der Waals surface area contributed by atoms with Gasteiger partial charge in [0.15, 0.2) is 0 Å². The number of benzene rings is 2. The Balaban J connectivity index is 1.31. The first-order chi connectivity index (χ1) is 16.0. The maximum absolute atomic E-state index is 13.3. The Morgan fingerprint density at radius 1 is 1.12 bits per heavy atom. The molecule has 4 nitrogen and oxygen atoms in total. The van der Waals surface area contributed by atoms with Gasteiger partial charge >= 0.3 is 5.97 Å². The molecule has 174 valence electrons. The van der Waals surface area contributed by atoms with Gasteiger partial charge < -0.3 is 9.47 Å². The van der Waals surface area contributed by atoms with Gasteiger partial charge in [0.1, 0.15) is 18.1 Å². The number of carbonyl (C=O) groups is 2. The lowest BCUT2D eigenvalue weighted by Crippen LogP contribution is -2.42. The van der Waals surface area contributed by atoms with Gasteiger partial charge in [-0.3, -0.25) is 9.59 Å². The molecule has 0 radical (unpaired) electrons.